The van der Waals surface area contributed by atoms with E-state index >= 15 is 0 Å². The van der Waals surface area contributed by atoms with Crippen molar-refractivity contribution in [1.82, 2.24) is 4.90 Å². The molecule has 1 fully saturated rings. The molecule has 2 amide bonds. The molecular weight excluding hydrogens is 342 g/mol. The van der Waals surface area contributed by atoms with Crippen LogP contribution in [0.4, 0.5) is 4.79 Å². The lowest BCUT2D eigenvalue weighted by Gasteiger charge is -2.12. The summed E-state index contributed by atoms with van der Waals surface area (Å²) in [6.45, 7) is 5.55. The Kier molecular flexibility index (Phi) is 6.64. The summed E-state index contributed by atoms with van der Waals surface area (Å²) in [5.74, 6) is -0.331. The lowest BCUT2D eigenvalue weighted by atomic mass is 10.2. The third-order valence-corrected chi connectivity index (χ3v) is 4.46. The number of carbonyl (C=O) groups excluding carboxylic acids is 3. The molecule has 0 aliphatic carbocycles. The molecule has 1 atom stereocenters. The van der Waals surface area contributed by atoms with E-state index in [-0.39, 0.29) is 24.2 Å². The number of rotatable bonds is 7. The van der Waals surface area contributed by atoms with Crippen LogP contribution in [-0.2, 0) is 14.3 Å². The van der Waals surface area contributed by atoms with E-state index in [2.05, 4.69) is 0 Å². The van der Waals surface area contributed by atoms with E-state index in [0.717, 1.165) is 34.4 Å². The fourth-order valence-corrected chi connectivity index (χ4v) is 2.92. The Balaban J connectivity index is 2.07. The second-order valence-corrected chi connectivity index (χ2v) is 6.47. The van der Waals surface area contributed by atoms with Crippen molar-refractivity contribution in [2.45, 2.75) is 33.3 Å². The maximum atomic E-state index is 12.3. The topological polar surface area (TPSA) is 72.9 Å². The van der Waals surface area contributed by atoms with Crippen molar-refractivity contribution in [1.29, 1.82) is 0 Å². The van der Waals surface area contributed by atoms with E-state index in [1.54, 1.807) is 13.0 Å². The minimum Gasteiger partial charge on any atom is -0.491 e. The summed E-state index contributed by atoms with van der Waals surface area (Å²) in [5.41, 5.74) is 0.776. The number of hydrogen-bond acceptors (Lipinski definition) is 6. The number of hydrogen-bond donors (Lipinski definition) is 0. The largest absolute Gasteiger partial charge is 0.491 e. The Morgan fingerprint density at radius 1 is 1.24 bits per heavy atom. The van der Waals surface area contributed by atoms with Crippen LogP contribution >= 0.6 is 11.8 Å². The summed E-state index contributed by atoms with van der Waals surface area (Å²) >= 11 is 0.815. The molecule has 2 rings (SSSR count). The van der Waals surface area contributed by atoms with Gasteiger partial charge in [-0.2, -0.15) is 0 Å². The number of esters is 1. The minimum atomic E-state index is -0.599. The van der Waals surface area contributed by atoms with Gasteiger partial charge in [0.15, 0.2) is 0 Å². The van der Waals surface area contributed by atoms with E-state index in [9.17, 15) is 14.4 Å². The predicted octanol–water partition coefficient (Wildman–Crippen LogP) is 3.46. The smallest absolute Gasteiger partial charge is 0.326 e. The van der Waals surface area contributed by atoms with Crippen LogP contribution in [0.2, 0.25) is 0 Å². The first-order valence-electron chi connectivity index (χ1n) is 8.12. The maximum absolute atomic E-state index is 12.3. The molecule has 7 heteroatoms. The second-order valence-electron chi connectivity index (χ2n) is 5.48. The maximum Gasteiger partial charge on any atom is 0.326 e. The number of carbonyl (C=O) groups is 3. The first-order valence-corrected chi connectivity index (χ1v) is 8.94. The Morgan fingerprint density at radius 3 is 2.52 bits per heavy atom. The molecule has 0 unspecified atom stereocenters. The highest BCUT2D eigenvalue weighted by molar-refractivity contribution is 8.18. The van der Waals surface area contributed by atoms with Gasteiger partial charge in [0.25, 0.3) is 11.1 Å². The highest BCUT2D eigenvalue weighted by atomic mass is 32.2. The Bertz CT molecular complexity index is 683. The van der Waals surface area contributed by atoms with Crippen LogP contribution in [0.1, 0.15) is 32.8 Å². The average molecular weight is 363 g/mol. The first kappa shape index (κ1) is 19.1. The standard InChI is InChI=1S/C18H21NO5S/c1-4-12(3)24-14-8-6-13(7-9-14)10-15-17(21)19(18(22)25-15)11-16(20)23-5-2/h6-10,12H,4-5,11H2,1-3H3/b15-10-/t12-/m0/s1. The van der Waals surface area contributed by atoms with Crippen molar-refractivity contribution >= 4 is 35.0 Å². The van der Waals surface area contributed by atoms with Gasteiger partial charge in [-0.05, 0) is 55.8 Å². The van der Waals surface area contributed by atoms with E-state index in [1.807, 2.05) is 38.1 Å². The molecule has 1 aliphatic heterocycles. The van der Waals surface area contributed by atoms with Crippen molar-refractivity contribution in [3.8, 4) is 5.75 Å². The first-order chi connectivity index (χ1) is 11.9. The third kappa shape index (κ3) is 5.09. The molecule has 0 aromatic heterocycles. The minimum absolute atomic E-state index is 0.130. The Labute approximate surface area is 151 Å². The van der Waals surface area contributed by atoms with Crippen LogP contribution < -0.4 is 4.74 Å². The third-order valence-electron chi connectivity index (χ3n) is 3.56. The summed E-state index contributed by atoms with van der Waals surface area (Å²) < 4.78 is 10.5. The summed E-state index contributed by atoms with van der Waals surface area (Å²) in [4.78, 5) is 36.9. The van der Waals surface area contributed by atoms with Crippen molar-refractivity contribution in [3.05, 3.63) is 34.7 Å². The zero-order chi connectivity index (χ0) is 18.4. The van der Waals surface area contributed by atoms with Gasteiger partial charge < -0.3 is 9.47 Å². The fraction of sp³-hybridized carbons (Fsp3) is 0.389. The lowest BCUT2D eigenvalue weighted by molar-refractivity contribution is -0.145. The van der Waals surface area contributed by atoms with Crippen LogP contribution in [0.5, 0.6) is 5.75 Å². The van der Waals surface area contributed by atoms with E-state index < -0.39 is 17.1 Å². The predicted molar refractivity (Wildman–Crippen MR) is 96.1 cm³/mol. The van der Waals surface area contributed by atoms with Crippen LogP contribution in [-0.4, -0.2) is 41.3 Å². The highest BCUT2D eigenvalue weighted by Gasteiger charge is 2.36. The van der Waals surface area contributed by atoms with Crippen molar-refractivity contribution in [2.75, 3.05) is 13.2 Å². The van der Waals surface area contributed by atoms with Gasteiger partial charge in [-0.3, -0.25) is 19.3 Å². The van der Waals surface area contributed by atoms with E-state index in [4.69, 9.17) is 9.47 Å². The number of ether oxygens (including phenoxy) is 2. The molecule has 1 aromatic rings. The van der Waals surface area contributed by atoms with Crippen molar-refractivity contribution in [2.24, 2.45) is 0 Å². The quantitative estimate of drug-likeness (QED) is 0.546. The molecule has 1 heterocycles. The molecule has 1 aliphatic rings. The molecule has 25 heavy (non-hydrogen) atoms. The molecular formula is C18H21NO5S. The SMILES string of the molecule is CCOC(=O)CN1C(=O)S/C(=C\c2ccc(O[C@@H](C)CC)cc2)C1=O. The number of nitrogens with zero attached hydrogens (tertiary/aromatic N) is 1. The molecule has 0 radical (unpaired) electrons. The fourth-order valence-electron chi connectivity index (χ4n) is 2.08. The lowest BCUT2D eigenvalue weighted by Crippen LogP contribution is -2.34. The van der Waals surface area contributed by atoms with Crippen LogP contribution in [0.25, 0.3) is 6.08 Å². The van der Waals surface area contributed by atoms with Gasteiger partial charge in [-0.1, -0.05) is 19.1 Å². The molecule has 1 saturated heterocycles. The zero-order valence-electron chi connectivity index (χ0n) is 14.5. The molecule has 0 N–H and O–H groups in total. The normalized spacial score (nSPS) is 17.1. The van der Waals surface area contributed by atoms with Crippen LogP contribution in [0, 0.1) is 0 Å². The van der Waals surface area contributed by atoms with Gasteiger partial charge in [0.1, 0.15) is 12.3 Å². The molecule has 0 spiro atoms. The Morgan fingerprint density at radius 2 is 1.92 bits per heavy atom. The van der Waals surface area contributed by atoms with E-state index in [1.165, 1.54) is 0 Å². The zero-order valence-corrected chi connectivity index (χ0v) is 15.3. The van der Waals surface area contributed by atoms with Crippen molar-refractivity contribution < 1.29 is 23.9 Å². The molecule has 0 bridgehead atoms. The number of benzene rings is 1. The second kappa shape index (κ2) is 8.71. The summed E-state index contributed by atoms with van der Waals surface area (Å²) in [5, 5.41) is -0.471. The van der Waals surface area contributed by atoms with Gasteiger partial charge in [0.2, 0.25) is 0 Å². The van der Waals surface area contributed by atoms with Crippen molar-refractivity contribution in [3.63, 3.8) is 0 Å². The van der Waals surface area contributed by atoms with Crippen LogP contribution in [0.3, 0.4) is 0 Å². The monoisotopic (exact) mass is 363 g/mol. The Hall–Kier alpha value is -2.28. The molecule has 1 aromatic carbocycles. The number of imide groups is 1. The van der Waals surface area contributed by atoms with Gasteiger partial charge >= 0.3 is 5.97 Å². The van der Waals surface area contributed by atoms with Crippen LogP contribution in [0.15, 0.2) is 29.2 Å². The number of amides is 2. The van der Waals surface area contributed by atoms with Gasteiger partial charge in [-0.25, -0.2) is 0 Å². The van der Waals surface area contributed by atoms with E-state index in [0.29, 0.717) is 0 Å². The molecule has 6 nitrogen and oxygen atoms in total. The number of thioether (sulfide) groups is 1. The summed E-state index contributed by atoms with van der Waals surface area (Å²) in [6, 6.07) is 7.27. The van der Waals surface area contributed by atoms with Gasteiger partial charge in [-0.15, -0.1) is 0 Å². The highest BCUT2D eigenvalue weighted by Crippen LogP contribution is 2.32. The molecule has 134 valence electrons. The molecule has 0 saturated carbocycles. The summed E-state index contributed by atoms with van der Waals surface area (Å²) in [6.07, 6.45) is 2.67. The van der Waals surface area contributed by atoms with Gasteiger partial charge in [0.05, 0.1) is 17.6 Å². The average Bonchev–Trinajstić information content (AvgIpc) is 2.84. The summed E-state index contributed by atoms with van der Waals surface area (Å²) in [7, 11) is 0. The van der Waals surface area contributed by atoms with Gasteiger partial charge in [0, 0.05) is 0 Å².